The third kappa shape index (κ3) is 3.70. The van der Waals surface area contributed by atoms with E-state index in [-0.39, 0.29) is 28.9 Å². The zero-order chi connectivity index (χ0) is 23.3. The van der Waals surface area contributed by atoms with Gasteiger partial charge in [-0.3, -0.25) is 10.1 Å². The molecule has 0 aromatic rings. The number of nitriles is 1. The number of amides is 1. The molecular formula is C27H44N2O3. The highest BCUT2D eigenvalue weighted by Gasteiger charge is 2.64. The summed E-state index contributed by atoms with van der Waals surface area (Å²) in [4.78, 5) is 11.8. The van der Waals surface area contributed by atoms with Crippen LogP contribution in [0.25, 0.3) is 0 Å². The minimum absolute atomic E-state index is 0.172. The molecule has 0 radical (unpaired) electrons. The first kappa shape index (κ1) is 24.0. The second kappa shape index (κ2) is 8.91. The van der Waals surface area contributed by atoms with Crippen molar-refractivity contribution in [2.45, 2.75) is 104 Å². The molecule has 5 heteroatoms. The highest BCUT2D eigenvalue weighted by molar-refractivity contribution is 5.77. The zero-order valence-corrected chi connectivity index (χ0v) is 20.5. The van der Waals surface area contributed by atoms with Crippen molar-refractivity contribution >= 4 is 5.91 Å². The number of nitrogens with one attached hydrogen (secondary N) is 1. The van der Waals surface area contributed by atoms with E-state index in [2.05, 4.69) is 33.0 Å². The van der Waals surface area contributed by atoms with Gasteiger partial charge in [-0.05, 0) is 104 Å². The van der Waals surface area contributed by atoms with Crippen molar-refractivity contribution in [1.82, 2.24) is 5.32 Å². The average molecular weight is 445 g/mol. The van der Waals surface area contributed by atoms with Crippen LogP contribution in [0.1, 0.15) is 91.9 Å². The largest absolute Gasteiger partial charge is 0.393 e. The predicted molar refractivity (Wildman–Crippen MR) is 124 cm³/mol. The van der Waals surface area contributed by atoms with E-state index in [0.717, 1.165) is 32.1 Å². The number of hydrogen-bond acceptors (Lipinski definition) is 4. The quantitative estimate of drug-likeness (QED) is 0.426. The first-order valence-electron chi connectivity index (χ1n) is 13.2. The molecular weight excluding hydrogens is 400 g/mol. The van der Waals surface area contributed by atoms with Gasteiger partial charge in [-0.1, -0.05) is 34.1 Å². The summed E-state index contributed by atoms with van der Waals surface area (Å²) in [5, 5.41) is 33.1. The van der Waals surface area contributed by atoms with Gasteiger partial charge >= 0.3 is 0 Å². The van der Waals surface area contributed by atoms with Crippen LogP contribution in [0.3, 0.4) is 0 Å². The summed E-state index contributed by atoms with van der Waals surface area (Å²) < 4.78 is 0. The van der Waals surface area contributed by atoms with E-state index in [0.29, 0.717) is 47.8 Å². The number of fused-ring (bicyclic) bond motifs is 5. The maximum absolute atomic E-state index is 11.8. The Balaban J connectivity index is 1.56. The van der Waals surface area contributed by atoms with E-state index >= 15 is 0 Å². The fourth-order valence-electron chi connectivity index (χ4n) is 9.62. The SMILES string of the molecule is CC[C@H]1[C@@H](O)[C@H]2[C@@H]3CC[C@H]([C@H](C)CCC(=O)NC#N)C3(C)CC[C@@H]2[C@@]2(C)CC[C@@H](O)C[C@@H]12. The van der Waals surface area contributed by atoms with Crippen LogP contribution in [-0.4, -0.2) is 28.3 Å². The van der Waals surface area contributed by atoms with Crippen molar-refractivity contribution in [1.29, 1.82) is 5.26 Å². The molecule has 1 amide bonds. The van der Waals surface area contributed by atoms with Crippen LogP contribution in [0, 0.1) is 63.7 Å². The van der Waals surface area contributed by atoms with Crippen LogP contribution in [-0.2, 0) is 4.79 Å². The van der Waals surface area contributed by atoms with E-state index in [1.807, 2.05) is 0 Å². The summed E-state index contributed by atoms with van der Waals surface area (Å²) in [6.45, 7) is 9.48. The molecule has 0 bridgehead atoms. The fourth-order valence-corrected chi connectivity index (χ4v) is 9.62. The van der Waals surface area contributed by atoms with Gasteiger partial charge in [0.05, 0.1) is 12.2 Å². The zero-order valence-electron chi connectivity index (χ0n) is 20.5. The van der Waals surface area contributed by atoms with Crippen molar-refractivity contribution in [2.24, 2.45) is 52.3 Å². The molecule has 180 valence electrons. The van der Waals surface area contributed by atoms with Gasteiger partial charge in [-0.15, -0.1) is 0 Å². The molecule has 0 aromatic heterocycles. The van der Waals surface area contributed by atoms with Crippen molar-refractivity contribution in [2.75, 3.05) is 0 Å². The van der Waals surface area contributed by atoms with Crippen LogP contribution in [0.2, 0.25) is 0 Å². The van der Waals surface area contributed by atoms with Crippen LogP contribution in [0.15, 0.2) is 0 Å². The first-order chi connectivity index (χ1) is 15.2. The molecule has 4 aliphatic carbocycles. The lowest BCUT2D eigenvalue weighted by molar-refractivity contribution is -0.203. The fraction of sp³-hybridized carbons (Fsp3) is 0.926. The topological polar surface area (TPSA) is 93.4 Å². The van der Waals surface area contributed by atoms with Crippen molar-refractivity contribution in [3.05, 3.63) is 0 Å². The van der Waals surface area contributed by atoms with Gasteiger partial charge in [0.1, 0.15) is 0 Å². The molecule has 0 saturated heterocycles. The number of nitrogens with zero attached hydrogens (tertiary/aromatic N) is 1. The van der Waals surface area contributed by atoms with Gasteiger partial charge in [-0.25, -0.2) is 0 Å². The maximum Gasteiger partial charge on any atom is 0.232 e. The van der Waals surface area contributed by atoms with E-state index in [9.17, 15) is 15.0 Å². The monoisotopic (exact) mass is 444 g/mol. The molecule has 32 heavy (non-hydrogen) atoms. The highest BCUT2D eigenvalue weighted by Crippen LogP contribution is 2.69. The Bertz CT molecular complexity index is 750. The van der Waals surface area contributed by atoms with E-state index in [1.165, 1.54) is 25.7 Å². The number of rotatable bonds is 5. The first-order valence-corrected chi connectivity index (χ1v) is 13.2. The van der Waals surface area contributed by atoms with Crippen LogP contribution in [0.4, 0.5) is 0 Å². The maximum atomic E-state index is 11.8. The van der Waals surface area contributed by atoms with Crippen LogP contribution in [0.5, 0.6) is 0 Å². The standard InChI is InChI=1S/C27H44N2O3/c1-5-18-22-14-17(30)10-12-27(22,4)21-11-13-26(3)19(7-8-20(26)24(21)25(18)32)16(2)6-9-23(31)29-15-28/h16-22,24-25,30,32H,5-14H2,1-4H3,(H,29,31)/t16-,17-,18-,19-,20+,21+,22+,24+,25-,26?,27-/m1/s1. The summed E-state index contributed by atoms with van der Waals surface area (Å²) in [5.41, 5.74) is 0.465. The summed E-state index contributed by atoms with van der Waals surface area (Å²) in [6, 6.07) is 0. The molecule has 4 fully saturated rings. The third-order valence-electron chi connectivity index (χ3n) is 11.2. The van der Waals surface area contributed by atoms with Gasteiger partial charge in [-0.2, -0.15) is 5.26 Å². The van der Waals surface area contributed by atoms with Crippen molar-refractivity contribution in [3.63, 3.8) is 0 Å². The molecule has 4 rings (SSSR count). The van der Waals surface area contributed by atoms with Crippen LogP contribution < -0.4 is 5.32 Å². The Morgan fingerprint density at radius 1 is 1.09 bits per heavy atom. The summed E-state index contributed by atoms with van der Waals surface area (Å²) >= 11 is 0. The normalized spacial score (nSPS) is 48.7. The Labute approximate surface area is 194 Å². The molecule has 0 aliphatic heterocycles. The lowest BCUT2D eigenvalue weighted by Crippen LogP contribution is -2.62. The summed E-state index contributed by atoms with van der Waals surface area (Å²) in [6.07, 6.45) is 11.2. The van der Waals surface area contributed by atoms with Crippen LogP contribution >= 0.6 is 0 Å². The highest BCUT2D eigenvalue weighted by atomic mass is 16.3. The predicted octanol–water partition coefficient (Wildman–Crippen LogP) is 4.63. The van der Waals surface area contributed by atoms with Gasteiger partial charge < -0.3 is 10.2 Å². The second-order valence-corrected chi connectivity index (χ2v) is 12.3. The van der Waals surface area contributed by atoms with E-state index in [1.54, 1.807) is 6.19 Å². The van der Waals surface area contributed by atoms with Gasteiger partial charge in [0.15, 0.2) is 6.19 Å². The number of hydrogen-bond donors (Lipinski definition) is 3. The van der Waals surface area contributed by atoms with E-state index in [4.69, 9.17) is 5.26 Å². The number of aliphatic hydroxyl groups excluding tert-OH is 2. The molecule has 0 spiro atoms. The Morgan fingerprint density at radius 2 is 1.78 bits per heavy atom. The molecule has 5 nitrogen and oxygen atoms in total. The smallest absolute Gasteiger partial charge is 0.232 e. The lowest BCUT2D eigenvalue weighted by Gasteiger charge is -2.64. The summed E-state index contributed by atoms with van der Waals surface area (Å²) in [5.74, 6) is 3.07. The Hall–Kier alpha value is -1.12. The number of carbonyl (C=O) groups excluding carboxylic acids is 1. The van der Waals surface area contributed by atoms with Gasteiger partial charge in [0.2, 0.25) is 5.91 Å². The minimum Gasteiger partial charge on any atom is -0.393 e. The van der Waals surface area contributed by atoms with Crippen molar-refractivity contribution in [3.8, 4) is 6.19 Å². The molecule has 3 N–H and O–H groups in total. The third-order valence-corrected chi connectivity index (χ3v) is 11.2. The number of carbonyl (C=O) groups is 1. The molecule has 4 saturated carbocycles. The number of aliphatic hydroxyl groups is 2. The Morgan fingerprint density at radius 3 is 2.47 bits per heavy atom. The van der Waals surface area contributed by atoms with Crippen molar-refractivity contribution < 1.29 is 15.0 Å². The summed E-state index contributed by atoms with van der Waals surface area (Å²) in [7, 11) is 0. The molecule has 0 heterocycles. The molecule has 1 unspecified atom stereocenters. The van der Waals surface area contributed by atoms with Gasteiger partial charge in [0, 0.05) is 6.42 Å². The minimum atomic E-state index is -0.256. The molecule has 11 atom stereocenters. The molecule has 0 aromatic carbocycles. The van der Waals surface area contributed by atoms with E-state index < -0.39 is 0 Å². The average Bonchev–Trinajstić information content (AvgIpc) is 3.11. The Kier molecular flexibility index (Phi) is 6.69. The van der Waals surface area contributed by atoms with Gasteiger partial charge in [0.25, 0.3) is 0 Å². The molecule has 4 aliphatic rings. The second-order valence-electron chi connectivity index (χ2n) is 12.3. The lowest BCUT2D eigenvalue weighted by atomic mass is 9.41.